The van der Waals surface area contributed by atoms with Crippen LogP contribution in [-0.2, 0) is 9.53 Å². The Hall–Kier alpha value is -1.19. The minimum absolute atomic E-state index is 0.217. The standard InChI is InChI=1S/C12H21NO3/c1-8(16-9-6-5-7-9)13-10(11(14)15)12(2,3)4/h9-10,13H,1,5-7H2,2-4H3,(H,14,15)/t10-/m1/s1. The van der Waals surface area contributed by atoms with E-state index < -0.39 is 12.0 Å². The van der Waals surface area contributed by atoms with Crippen molar-refractivity contribution in [1.29, 1.82) is 0 Å². The monoisotopic (exact) mass is 227 g/mol. The van der Waals surface area contributed by atoms with E-state index in [0.29, 0.717) is 5.88 Å². The van der Waals surface area contributed by atoms with E-state index in [9.17, 15) is 4.79 Å². The molecule has 0 aromatic rings. The molecule has 1 aliphatic rings. The van der Waals surface area contributed by atoms with Crippen molar-refractivity contribution in [1.82, 2.24) is 5.32 Å². The van der Waals surface area contributed by atoms with Crippen LogP contribution in [-0.4, -0.2) is 23.2 Å². The normalized spacial score (nSPS) is 18.4. The summed E-state index contributed by atoms with van der Waals surface area (Å²) in [6.45, 7) is 9.33. The van der Waals surface area contributed by atoms with Crippen molar-refractivity contribution in [3.63, 3.8) is 0 Å². The molecule has 0 saturated heterocycles. The molecule has 1 fully saturated rings. The molecule has 0 aliphatic heterocycles. The Balaban J connectivity index is 2.47. The Morgan fingerprint density at radius 3 is 2.38 bits per heavy atom. The Kier molecular flexibility index (Phi) is 3.83. The minimum Gasteiger partial charge on any atom is -0.480 e. The first-order valence-electron chi connectivity index (χ1n) is 5.65. The third-order valence-electron chi connectivity index (χ3n) is 2.78. The molecule has 0 amide bonds. The lowest BCUT2D eigenvalue weighted by Gasteiger charge is -2.32. The molecule has 1 atom stereocenters. The zero-order valence-corrected chi connectivity index (χ0v) is 10.2. The van der Waals surface area contributed by atoms with E-state index in [4.69, 9.17) is 9.84 Å². The topological polar surface area (TPSA) is 58.6 Å². The van der Waals surface area contributed by atoms with Gasteiger partial charge in [-0.05, 0) is 31.3 Å². The van der Waals surface area contributed by atoms with E-state index in [1.165, 1.54) is 6.42 Å². The second kappa shape index (κ2) is 4.76. The lowest BCUT2D eigenvalue weighted by Crippen LogP contribution is -2.46. The van der Waals surface area contributed by atoms with Crippen molar-refractivity contribution in [2.45, 2.75) is 52.2 Å². The zero-order chi connectivity index (χ0) is 12.3. The Morgan fingerprint density at radius 1 is 1.50 bits per heavy atom. The van der Waals surface area contributed by atoms with Gasteiger partial charge in [0.1, 0.15) is 12.1 Å². The number of nitrogens with one attached hydrogen (secondary N) is 1. The molecule has 4 nitrogen and oxygen atoms in total. The van der Waals surface area contributed by atoms with Crippen LogP contribution in [0.4, 0.5) is 0 Å². The van der Waals surface area contributed by atoms with Crippen LogP contribution in [0.15, 0.2) is 12.5 Å². The molecule has 0 aromatic carbocycles. The number of carboxylic acid groups (broad SMARTS) is 1. The van der Waals surface area contributed by atoms with Gasteiger partial charge in [0, 0.05) is 0 Å². The summed E-state index contributed by atoms with van der Waals surface area (Å²) in [6, 6.07) is -0.680. The van der Waals surface area contributed by atoms with Gasteiger partial charge in [0.2, 0.25) is 0 Å². The van der Waals surface area contributed by atoms with Gasteiger partial charge in [-0.3, -0.25) is 0 Å². The van der Waals surface area contributed by atoms with Gasteiger partial charge in [-0.2, -0.15) is 0 Å². The van der Waals surface area contributed by atoms with Gasteiger partial charge in [0.15, 0.2) is 5.88 Å². The Morgan fingerprint density at radius 2 is 2.06 bits per heavy atom. The molecule has 0 heterocycles. The highest BCUT2D eigenvalue weighted by Crippen LogP contribution is 2.25. The summed E-state index contributed by atoms with van der Waals surface area (Å²) in [5, 5.41) is 11.9. The van der Waals surface area contributed by atoms with Crippen molar-refractivity contribution in [2.75, 3.05) is 0 Å². The van der Waals surface area contributed by atoms with E-state index in [0.717, 1.165) is 12.8 Å². The maximum atomic E-state index is 11.1. The number of rotatable bonds is 5. The molecular formula is C12H21NO3. The first-order valence-corrected chi connectivity index (χ1v) is 5.65. The molecule has 0 bridgehead atoms. The van der Waals surface area contributed by atoms with Crippen LogP contribution in [0.5, 0.6) is 0 Å². The number of ether oxygens (including phenoxy) is 1. The second-order valence-corrected chi connectivity index (χ2v) is 5.38. The second-order valence-electron chi connectivity index (χ2n) is 5.38. The smallest absolute Gasteiger partial charge is 0.326 e. The van der Waals surface area contributed by atoms with Crippen LogP contribution >= 0.6 is 0 Å². The predicted molar refractivity (Wildman–Crippen MR) is 61.9 cm³/mol. The molecule has 1 aliphatic carbocycles. The molecule has 1 rings (SSSR count). The molecule has 0 radical (unpaired) electrons. The molecule has 0 unspecified atom stereocenters. The van der Waals surface area contributed by atoms with Gasteiger partial charge >= 0.3 is 5.97 Å². The average Bonchev–Trinajstić information content (AvgIpc) is 2.05. The minimum atomic E-state index is -0.883. The zero-order valence-electron chi connectivity index (χ0n) is 10.2. The van der Waals surface area contributed by atoms with Gasteiger partial charge in [-0.15, -0.1) is 0 Å². The van der Waals surface area contributed by atoms with Crippen LogP contribution in [0.3, 0.4) is 0 Å². The van der Waals surface area contributed by atoms with Crippen LogP contribution in [0.2, 0.25) is 0 Å². The van der Waals surface area contributed by atoms with Gasteiger partial charge < -0.3 is 15.2 Å². The first kappa shape index (κ1) is 12.9. The van der Waals surface area contributed by atoms with Gasteiger partial charge in [-0.1, -0.05) is 20.8 Å². The van der Waals surface area contributed by atoms with Gasteiger partial charge in [0.25, 0.3) is 0 Å². The summed E-state index contributed by atoms with van der Waals surface area (Å²) < 4.78 is 5.49. The Bertz CT molecular complexity index is 276. The fourth-order valence-corrected chi connectivity index (χ4v) is 1.53. The molecular weight excluding hydrogens is 206 g/mol. The van der Waals surface area contributed by atoms with Crippen LogP contribution < -0.4 is 5.32 Å². The first-order chi connectivity index (χ1) is 7.30. The van der Waals surface area contributed by atoms with E-state index in [2.05, 4.69) is 11.9 Å². The molecule has 0 aromatic heterocycles. The van der Waals surface area contributed by atoms with E-state index >= 15 is 0 Å². The molecule has 1 saturated carbocycles. The molecule has 92 valence electrons. The molecule has 2 N–H and O–H groups in total. The molecule has 4 heteroatoms. The fraction of sp³-hybridized carbons (Fsp3) is 0.750. The highest BCUT2D eigenvalue weighted by molar-refractivity contribution is 5.74. The number of carbonyl (C=O) groups is 1. The van der Waals surface area contributed by atoms with Crippen LogP contribution in [0.25, 0.3) is 0 Å². The van der Waals surface area contributed by atoms with E-state index in [1.54, 1.807) is 0 Å². The van der Waals surface area contributed by atoms with Crippen molar-refractivity contribution < 1.29 is 14.6 Å². The molecule has 16 heavy (non-hydrogen) atoms. The van der Waals surface area contributed by atoms with E-state index in [-0.39, 0.29) is 11.5 Å². The maximum Gasteiger partial charge on any atom is 0.326 e. The van der Waals surface area contributed by atoms with Crippen molar-refractivity contribution in [3.8, 4) is 0 Å². The summed E-state index contributed by atoms with van der Waals surface area (Å²) in [7, 11) is 0. The summed E-state index contributed by atoms with van der Waals surface area (Å²) in [5.41, 5.74) is -0.377. The van der Waals surface area contributed by atoms with Crippen molar-refractivity contribution in [3.05, 3.63) is 12.5 Å². The lowest BCUT2D eigenvalue weighted by atomic mass is 9.87. The largest absolute Gasteiger partial charge is 0.480 e. The SMILES string of the molecule is C=C(N[C@H](C(=O)O)C(C)(C)C)OC1CCC1. The molecule has 0 spiro atoms. The lowest BCUT2D eigenvalue weighted by molar-refractivity contribution is -0.142. The van der Waals surface area contributed by atoms with Crippen molar-refractivity contribution >= 4 is 5.97 Å². The number of hydrogen-bond donors (Lipinski definition) is 2. The van der Waals surface area contributed by atoms with E-state index in [1.807, 2.05) is 20.8 Å². The summed E-state index contributed by atoms with van der Waals surface area (Å²) in [6.07, 6.45) is 3.47. The maximum absolute atomic E-state index is 11.1. The summed E-state index contributed by atoms with van der Waals surface area (Å²) in [4.78, 5) is 11.1. The summed E-state index contributed by atoms with van der Waals surface area (Å²) >= 11 is 0. The van der Waals surface area contributed by atoms with Crippen molar-refractivity contribution in [2.24, 2.45) is 5.41 Å². The number of aliphatic carboxylic acids is 1. The Labute approximate surface area is 96.7 Å². The predicted octanol–water partition coefficient (Wildman–Crippen LogP) is 2.12. The third kappa shape index (κ3) is 3.43. The van der Waals surface area contributed by atoms with Gasteiger partial charge in [0.05, 0.1) is 0 Å². The highest BCUT2D eigenvalue weighted by Gasteiger charge is 2.32. The van der Waals surface area contributed by atoms with Crippen LogP contribution in [0, 0.1) is 5.41 Å². The van der Waals surface area contributed by atoms with Crippen LogP contribution in [0.1, 0.15) is 40.0 Å². The fourth-order valence-electron chi connectivity index (χ4n) is 1.53. The average molecular weight is 227 g/mol. The highest BCUT2D eigenvalue weighted by atomic mass is 16.5. The summed E-state index contributed by atoms with van der Waals surface area (Å²) in [5.74, 6) is -0.516. The number of hydrogen-bond acceptors (Lipinski definition) is 3. The number of carboxylic acids is 1. The van der Waals surface area contributed by atoms with Gasteiger partial charge in [-0.25, -0.2) is 4.79 Å². The quantitative estimate of drug-likeness (QED) is 0.706. The third-order valence-corrected chi connectivity index (χ3v) is 2.78.